The fraction of sp³-hybridized carbons (Fsp3) is 0.412. The lowest BCUT2D eigenvalue weighted by atomic mass is 10.1. The number of thiophene rings is 1. The Labute approximate surface area is 135 Å². The fourth-order valence-corrected chi connectivity index (χ4v) is 3.42. The number of carbonyl (C=O) groups excluding carboxylic acids is 1. The van der Waals surface area contributed by atoms with Gasteiger partial charge in [-0.15, -0.1) is 11.3 Å². The van der Waals surface area contributed by atoms with Crippen LogP contribution >= 0.6 is 11.3 Å². The van der Waals surface area contributed by atoms with E-state index in [2.05, 4.69) is 15.6 Å². The number of hydrogen-bond donors (Lipinski definition) is 2. The van der Waals surface area contributed by atoms with Gasteiger partial charge in [0.15, 0.2) is 0 Å². The van der Waals surface area contributed by atoms with Crippen LogP contribution in [0.5, 0.6) is 0 Å². The third kappa shape index (κ3) is 4.07. The first kappa shape index (κ1) is 15.0. The van der Waals surface area contributed by atoms with E-state index in [0.29, 0.717) is 16.7 Å². The van der Waals surface area contributed by atoms with Crippen LogP contribution in [0.15, 0.2) is 35.8 Å². The number of rotatable bonds is 4. The van der Waals surface area contributed by atoms with Crippen LogP contribution in [0.25, 0.3) is 0 Å². The Morgan fingerprint density at radius 3 is 2.59 bits per heavy atom. The van der Waals surface area contributed by atoms with Crippen molar-refractivity contribution in [2.24, 2.45) is 0 Å². The predicted molar refractivity (Wildman–Crippen MR) is 91.6 cm³/mol. The summed E-state index contributed by atoms with van der Waals surface area (Å²) in [6.45, 7) is 0. The minimum Gasteiger partial charge on any atom is -0.381 e. The summed E-state index contributed by atoms with van der Waals surface area (Å²) in [5, 5.41) is 8.26. The van der Waals surface area contributed by atoms with E-state index >= 15 is 0 Å². The van der Waals surface area contributed by atoms with Crippen molar-refractivity contribution < 1.29 is 4.79 Å². The molecule has 1 aliphatic rings. The zero-order chi connectivity index (χ0) is 15.2. The molecule has 0 saturated heterocycles. The second-order valence-corrected chi connectivity index (χ2v) is 6.64. The molecule has 5 heteroatoms. The Hall–Kier alpha value is -1.88. The maximum atomic E-state index is 12.0. The third-order valence-electron chi connectivity index (χ3n) is 3.98. The first-order valence-corrected chi connectivity index (χ1v) is 8.77. The molecule has 2 aromatic heterocycles. The summed E-state index contributed by atoms with van der Waals surface area (Å²) in [6.07, 6.45) is 9.58. The highest BCUT2D eigenvalue weighted by Crippen LogP contribution is 2.21. The minimum absolute atomic E-state index is 0.105. The number of anilines is 2. The van der Waals surface area contributed by atoms with Crippen molar-refractivity contribution in [3.05, 3.63) is 40.7 Å². The van der Waals surface area contributed by atoms with Crippen LogP contribution in [0.4, 0.5) is 11.5 Å². The van der Waals surface area contributed by atoms with Crippen LogP contribution in [0.2, 0.25) is 0 Å². The van der Waals surface area contributed by atoms with Gasteiger partial charge in [-0.3, -0.25) is 4.79 Å². The maximum absolute atomic E-state index is 12.0. The molecule has 0 aliphatic heterocycles. The van der Waals surface area contributed by atoms with Gasteiger partial charge in [-0.1, -0.05) is 31.7 Å². The molecule has 1 fully saturated rings. The first-order valence-electron chi connectivity index (χ1n) is 7.89. The molecule has 2 N–H and O–H groups in total. The minimum atomic E-state index is -0.105. The average molecular weight is 315 g/mol. The van der Waals surface area contributed by atoms with Gasteiger partial charge in [-0.25, -0.2) is 4.98 Å². The molecule has 1 aliphatic carbocycles. The van der Waals surface area contributed by atoms with Gasteiger partial charge in [0.05, 0.1) is 16.8 Å². The van der Waals surface area contributed by atoms with Crippen LogP contribution in [-0.2, 0) is 0 Å². The molecule has 2 heterocycles. The van der Waals surface area contributed by atoms with Gasteiger partial charge >= 0.3 is 0 Å². The second kappa shape index (κ2) is 7.40. The van der Waals surface area contributed by atoms with Crippen LogP contribution in [0.3, 0.4) is 0 Å². The Balaban J connectivity index is 1.56. The van der Waals surface area contributed by atoms with E-state index in [1.165, 1.54) is 49.9 Å². The van der Waals surface area contributed by atoms with Gasteiger partial charge in [0.25, 0.3) is 5.91 Å². The molecule has 22 heavy (non-hydrogen) atoms. The third-order valence-corrected chi connectivity index (χ3v) is 4.84. The summed E-state index contributed by atoms with van der Waals surface area (Å²) >= 11 is 1.43. The molecule has 0 spiro atoms. The van der Waals surface area contributed by atoms with Crippen molar-refractivity contribution in [3.8, 4) is 0 Å². The van der Waals surface area contributed by atoms with E-state index in [1.807, 2.05) is 29.6 Å². The SMILES string of the molecule is O=C(Nc1ccc(NC2CCCCCC2)cn1)c1cccs1. The van der Waals surface area contributed by atoms with Crippen molar-refractivity contribution in [1.29, 1.82) is 0 Å². The quantitative estimate of drug-likeness (QED) is 0.815. The molecule has 2 aromatic rings. The number of pyridine rings is 1. The molecule has 116 valence electrons. The average Bonchev–Trinajstić information content (AvgIpc) is 2.95. The summed E-state index contributed by atoms with van der Waals surface area (Å²) in [4.78, 5) is 17.0. The molecule has 1 amide bonds. The highest BCUT2D eigenvalue weighted by atomic mass is 32.1. The lowest BCUT2D eigenvalue weighted by Crippen LogP contribution is -2.18. The van der Waals surface area contributed by atoms with Gasteiger partial charge in [-0.05, 0) is 36.4 Å². The number of amides is 1. The molecule has 1 saturated carbocycles. The van der Waals surface area contributed by atoms with Crippen molar-refractivity contribution in [2.75, 3.05) is 10.6 Å². The fourth-order valence-electron chi connectivity index (χ4n) is 2.80. The van der Waals surface area contributed by atoms with Crippen LogP contribution < -0.4 is 10.6 Å². The Kier molecular flexibility index (Phi) is 5.06. The topological polar surface area (TPSA) is 54.0 Å². The number of carbonyl (C=O) groups is 1. The second-order valence-electron chi connectivity index (χ2n) is 5.70. The highest BCUT2D eigenvalue weighted by Gasteiger charge is 2.12. The zero-order valence-electron chi connectivity index (χ0n) is 12.5. The number of hydrogen-bond acceptors (Lipinski definition) is 4. The lowest BCUT2D eigenvalue weighted by Gasteiger charge is -2.17. The molecule has 3 rings (SSSR count). The van der Waals surface area contributed by atoms with Gasteiger partial charge in [0, 0.05) is 6.04 Å². The smallest absolute Gasteiger partial charge is 0.266 e. The van der Waals surface area contributed by atoms with Gasteiger partial charge in [-0.2, -0.15) is 0 Å². The molecule has 0 unspecified atom stereocenters. The van der Waals surface area contributed by atoms with Crippen molar-refractivity contribution in [1.82, 2.24) is 4.98 Å². The Morgan fingerprint density at radius 1 is 1.14 bits per heavy atom. The molecule has 4 nitrogen and oxygen atoms in total. The molecule has 0 radical (unpaired) electrons. The summed E-state index contributed by atoms with van der Waals surface area (Å²) in [5.41, 5.74) is 1.03. The molecule has 0 bridgehead atoms. The van der Waals surface area contributed by atoms with Crippen LogP contribution in [0, 0.1) is 0 Å². The van der Waals surface area contributed by atoms with E-state index in [4.69, 9.17) is 0 Å². The first-order chi connectivity index (χ1) is 10.8. The van der Waals surface area contributed by atoms with E-state index < -0.39 is 0 Å². The highest BCUT2D eigenvalue weighted by molar-refractivity contribution is 7.12. The summed E-state index contributed by atoms with van der Waals surface area (Å²) < 4.78 is 0. The van der Waals surface area contributed by atoms with Crippen molar-refractivity contribution in [2.45, 2.75) is 44.6 Å². The standard InChI is InChI=1S/C17H21N3OS/c21-17(15-8-5-11-22-15)20-16-10-9-14(12-18-16)19-13-6-3-1-2-4-7-13/h5,8-13,19H,1-4,6-7H2,(H,18,20,21). The van der Waals surface area contributed by atoms with E-state index in [1.54, 1.807) is 6.20 Å². The monoisotopic (exact) mass is 315 g/mol. The predicted octanol–water partition coefficient (Wildman–Crippen LogP) is 4.53. The van der Waals surface area contributed by atoms with E-state index in [-0.39, 0.29) is 5.91 Å². The summed E-state index contributed by atoms with van der Waals surface area (Å²) in [5.74, 6) is 0.483. The van der Waals surface area contributed by atoms with E-state index in [9.17, 15) is 4.79 Å². The number of nitrogens with one attached hydrogen (secondary N) is 2. The van der Waals surface area contributed by atoms with Crippen molar-refractivity contribution in [3.63, 3.8) is 0 Å². The largest absolute Gasteiger partial charge is 0.381 e. The summed E-state index contributed by atoms with van der Waals surface area (Å²) in [6, 6.07) is 8.07. The molecule has 0 atom stereocenters. The summed E-state index contributed by atoms with van der Waals surface area (Å²) in [7, 11) is 0. The molecular weight excluding hydrogens is 294 g/mol. The maximum Gasteiger partial charge on any atom is 0.266 e. The van der Waals surface area contributed by atoms with Gasteiger partial charge < -0.3 is 10.6 Å². The van der Waals surface area contributed by atoms with Crippen LogP contribution in [-0.4, -0.2) is 16.9 Å². The van der Waals surface area contributed by atoms with Gasteiger partial charge in [0.2, 0.25) is 0 Å². The molecular formula is C17H21N3OS. The zero-order valence-corrected chi connectivity index (χ0v) is 13.4. The molecule has 0 aromatic carbocycles. The Bertz CT molecular complexity index is 587. The Morgan fingerprint density at radius 2 is 1.95 bits per heavy atom. The lowest BCUT2D eigenvalue weighted by molar-refractivity contribution is 0.103. The van der Waals surface area contributed by atoms with E-state index in [0.717, 1.165) is 5.69 Å². The number of aromatic nitrogens is 1. The van der Waals surface area contributed by atoms with Crippen molar-refractivity contribution >= 4 is 28.7 Å². The normalized spacial score (nSPS) is 16.0. The number of nitrogens with zero attached hydrogens (tertiary/aromatic N) is 1. The van der Waals surface area contributed by atoms with Gasteiger partial charge in [0.1, 0.15) is 5.82 Å². The van der Waals surface area contributed by atoms with Crippen LogP contribution in [0.1, 0.15) is 48.2 Å².